The first-order chi connectivity index (χ1) is 5.81. The van der Waals surface area contributed by atoms with E-state index in [-0.39, 0.29) is 0 Å². The number of rotatable bonds is 0. The van der Waals surface area contributed by atoms with E-state index in [9.17, 15) is 0 Å². The third kappa shape index (κ3) is 0.928. The Morgan fingerprint density at radius 3 is 3.25 bits per heavy atom. The van der Waals surface area contributed by atoms with Gasteiger partial charge in [-0.05, 0) is 6.92 Å². The van der Waals surface area contributed by atoms with Crippen LogP contribution in [-0.4, -0.2) is 11.6 Å². The third-order valence-electron chi connectivity index (χ3n) is 1.97. The summed E-state index contributed by atoms with van der Waals surface area (Å²) in [5, 5.41) is 8.70. The van der Waals surface area contributed by atoms with Crippen molar-refractivity contribution in [2.45, 2.75) is 13.3 Å². The van der Waals surface area contributed by atoms with Crippen molar-refractivity contribution in [2.24, 2.45) is 0 Å². The van der Waals surface area contributed by atoms with Crippen molar-refractivity contribution in [3.8, 4) is 11.8 Å². The van der Waals surface area contributed by atoms with Crippen molar-refractivity contribution in [3.63, 3.8) is 0 Å². The lowest BCUT2D eigenvalue weighted by atomic mass is 10.2. The molecular weight excluding hydrogens is 152 g/mol. The molecule has 1 aromatic rings. The van der Waals surface area contributed by atoms with Crippen LogP contribution in [0.2, 0.25) is 0 Å². The van der Waals surface area contributed by atoms with Crippen molar-refractivity contribution >= 4 is 0 Å². The molecule has 1 aliphatic heterocycles. The van der Waals surface area contributed by atoms with Crippen LogP contribution in [0.25, 0.3) is 0 Å². The van der Waals surface area contributed by atoms with Gasteiger partial charge in [-0.2, -0.15) is 5.26 Å². The highest BCUT2D eigenvalue weighted by Crippen LogP contribution is 2.25. The van der Waals surface area contributed by atoms with E-state index in [0.29, 0.717) is 12.2 Å². The zero-order valence-corrected chi connectivity index (χ0v) is 6.79. The van der Waals surface area contributed by atoms with E-state index in [1.54, 1.807) is 6.07 Å². The average molecular weight is 160 g/mol. The van der Waals surface area contributed by atoms with E-state index in [4.69, 9.17) is 10.00 Å². The summed E-state index contributed by atoms with van der Waals surface area (Å²) in [6.07, 6.45) is 0.863. The monoisotopic (exact) mass is 160 g/mol. The van der Waals surface area contributed by atoms with Crippen molar-refractivity contribution in [1.82, 2.24) is 4.98 Å². The molecule has 0 N–H and O–H groups in total. The summed E-state index contributed by atoms with van der Waals surface area (Å²) in [6, 6.07) is 3.85. The summed E-state index contributed by atoms with van der Waals surface area (Å²) in [5.41, 5.74) is 2.38. The first kappa shape index (κ1) is 7.11. The smallest absolute Gasteiger partial charge is 0.142 e. The maximum atomic E-state index is 8.70. The van der Waals surface area contributed by atoms with Gasteiger partial charge < -0.3 is 4.74 Å². The average Bonchev–Trinajstić information content (AvgIpc) is 2.49. The standard InChI is InChI=1S/C9H8N2O/c1-6-7(5-10)4-9-8(11-6)2-3-12-9/h4H,2-3H2,1H3. The van der Waals surface area contributed by atoms with Crippen molar-refractivity contribution in [2.75, 3.05) is 6.61 Å². The molecule has 3 heteroatoms. The van der Waals surface area contributed by atoms with E-state index in [1.165, 1.54) is 0 Å². The van der Waals surface area contributed by atoms with Crippen molar-refractivity contribution in [3.05, 3.63) is 23.0 Å². The topological polar surface area (TPSA) is 45.9 Å². The molecule has 60 valence electrons. The molecule has 0 spiro atoms. The summed E-state index contributed by atoms with van der Waals surface area (Å²) in [5.74, 6) is 0.775. The van der Waals surface area contributed by atoms with Gasteiger partial charge in [-0.1, -0.05) is 0 Å². The predicted molar refractivity (Wildman–Crippen MR) is 42.9 cm³/mol. The number of pyridine rings is 1. The molecule has 0 aliphatic carbocycles. The van der Waals surface area contributed by atoms with E-state index in [2.05, 4.69) is 11.1 Å². The SMILES string of the molecule is Cc1nc2c(cc1C#N)OCC2. The highest BCUT2D eigenvalue weighted by Gasteiger charge is 2.15. The van der Waals surface area contributed by atoms with Crippen LogP contribution in [0, 0.1) is 18.3 Å². The Hall–Kier alpha value is -1.56. The molecule has 0 fully saturated rings. The summed E-state index contributed by atoms with van der Waals surface area (Å²) >= 11 is 0. The molecule has 1 aromatic heterocycles. The van der Waals surface area contributed by atoms with E-state index in [0.717, 1.165) is 23.6 Å². The lowest BCUT2D eigenvalue weighted by Gasteiger charge is -2.00. The molecule has 0 unspecified atom stereocenters. The van der Waals surface area contributed by atoms with Crippen LogP contribution < -0.4 is 4.74 Å². The van der Waals surface area contributed by atoms with Gasteiger partial charge in [0, 0.05) is 12.5 Å². The normalized spacial score (nSPS) is 13.3. The number of fused-ring (bicyclic) bond motifs is 1. The molecule has 2 rings (SSSR count). The number of aryl methyl sites for hydroxylation is 1. The minimum absolute atomic E-state index is 0.607. The van der Waals surface area contributed by atoms with Gasteiger partial charge in [0.25, 0.3) is 0 Å². The van der Waals surface area contributed by atoms with Crippen LogP contribution in [-0.2, 0) is 6.42 Å². The highest BCUT2D eigenvalue weighted by molar-refractivity contribution is 5.43. The van der Waals surface area contributed by atoms with Crippen LogP contribution in [0.5, 0.6) is 5.75 Å². The summed E-state index contributed by atoms with van der Waals surface area (Å²) in [7, 11) is 0. The van der Waals surface area contributed by atoms with Crippen molar-refractivity contribution in [1.29, 1.82) is 5.26 Å². The zero-order valence-electron chi connectivity index (χ0n) is 6.79. The van der Waals surface area contributed by atoms with E-state index >= 15 is 0 Å². The quantitative estimate of drug-likeness (QED) is 0.572. The summed E-state index contributed by atoms with van der Waals surface area (Å²) in [6.45, 7) is 2.54. The molecular formula is C9H8N2O. The largest absolute Gasteiger partial charge is 0.491 e. The highest BCUT2D eigenvalue weighted by atomic mass is 16.5. The Kier molecular flexibility index (Phi) is 1.47. The van der Waals surface area contributed by atoms with Crippen LogP contribution in [0.4, 0.5) is 0 Å². The second-order valence-electron chi connectivity index (χ2n) is 2.78. The molecule has 3 nitrogen and oxygen atoms in total. The molecule has 2 heterocycles. The summed E-state index contributed by atoms with van der Waals surface area (Å²) < 4.78 is 5.28. The third-order valence-corrected chi connectivity index (χ3v) is 1.97. The number of nitriles is 1. The number of hydrogen-bond acceptors (Lipinski definition) is 3. The maximum Gasteiger partial charge on any atom is 0.142 e. The minimum Gasteiger partial charge on any atom is -0.491 e. The van der Waals surface area contributed by atoms with Gasteiger partial charge in [-0.15, -0.1) is 0 Å². The molecule has 0 radical (unpaired) electrons. The fourth-order valence-electron chi connectivity index (χ4n) is 1.31. The number of ether oxygens (including phenoxy) is 1. The Labute approximate surface area is 70.6 Å². The van der Waals surface area contributed by atoms with Gasteiger partial charge in [-0.25, -0.2) is 0 Å². The van der Waals surface area contributed by atoms with Gasteiger partial charge in [-0.3, -0.25) is 4.98 Å². The molecule has 0 atom stereocenters. The van der Waals surface area contributed by atoms with Gasteiger partial charge in [0.05, 0.1) is 23.6 Å². The Morgan fingerprint density at radius 1 is 1.67 bits per heavy atom. The van der Waals surface area contributed by atoms with Gasteiger partial charge in [0.1, 0.15) is 11.8 Å². The van der Waals surface area contributed by atoms with Crippen LogP contribution in [0.1, 0.15) is 17.0 Å². The van der Waals surface area contributed by atoms with Gasteiger partial charge in [0.2, 0.25) is 0 Å². The van der Waals surface area contributed by atoms with Crippen LogP contribution in [0.3, 0.4) is 0 Å². The Morgan fingerprint density at radius 2 is 2.50 bits per heavy atom. The lowest BCUT2D eigenvalue weighted by Crippen LogP contribution is -1.91. The number of hydrogen-bond donors (Lipinski definition) is 0. The van der Waals surface area contributed by atoms with E-state index < -0.39 is 0 Å². The van der Waals surface area contributed by atoms with Gasteiger partial charge in [0.15, 0.2) is 0 Å². The first-order valence-electron chi connectivity index (χ1n) is 3.84. The molecule has 0 saturated carbocycles. The molecule has 0 amide bonds. The Balaban J connectivity index is 2.59. The number of nitrogens with zero attached hydrogens (tertiary/aromatic N) is 2. The fraction of sp³-hybridized carbons (Fsp3) is 0.333. The molecule has 12 heavy (non-hydrogen) atoms. The van der Waals surface area contributed by atoms with Crippen LogP contribution in [0.15, 0.2) is 6.07 Å². The molecule has 1 aliphatic rings. The lowest BCUT2D eigenvalue weighted by molar-refractivity contribution is 0.356. The Bertz CT molecular complexity index is 365. The second-order valence-corrected chi connectivity index (χ2v) is 2.78. The minimum atomic E-state index is 0.607. The summed E-state index contributed by atoms with van der Waals surface area (Å²) in [4.78, 5) is 4.28. The molecule has 0 bridgehead atoms. The van der Waals surface area contributed by atoms with E-state index in [1.807, 2.05) is 6.92 Å². The molecule has 0 aromatic carbocycles. The number of aromatic nitrogens is 1. The first-order valence-corrected chi connectivity index (χ1v) is 3.84. The zero-order chi connectivity index (χ0) is 8.55. The fourth-order valence-corrected chi connectivity index (χ4v) is 1.31. The maximum absolute atomic E-state index is 8.70. The van der Waals surface area contributed by atoms with Crippen LogP contribution >= 0.6 is 0 Å². The van der Waals surface area contributed by atoms with Crippen molar-refractivity contribution < 1.29 is 4.74 Å². The second kappa shape index (κ2) is 2.49. The predicted octanol–water partition coefficient (Wildman–Crippen LogP) is 1.20. The molecule has 0 saturated heterocycles. The van der Waals surface area contributed by atoms with Gasteiger partial charge >= 0.3 is 0 Å².